The van der Waals surface area contributed by atoms with E-state index in [4.69, 9.17) is 15.2 Å². The first-order valence-electron chi connectivity index (χ1n) is 8.62. The molecule has 0 bridgehead atoms. The van der Waals surface area contributed by atoms with E-state index in [2.05, 4.69) is 0 Å². The van der Waals surface area contributed by atoms with Crippen molar-refractivity contribution in [2.75, 3.05) is 33.3 Å². The molecule has 1 aromatic rings. The molecule has 0 aromatic heterocycles. The maximum Gasteiger partial charge on any atom is 0.239 e. The van der Waals surface area contributed by atoms with Crippen LogP contribution in [0.1, 0.15) is 13.3 Å². The fourth-order valence-corrected chi connectivity index (χ4v) is 3.39. The van der Waals surface area contributed by atoms with E-state index >= 15 is 0 Å². The number of para-hydroxylation sites is 2. The molecule has 1 saturated heterocycles. The highest BCUT2D eigenvalue weighted by atomic mass is 16.6. The van der Waals surface area contributed by atoms with Crippen LogP contribution in [0.15, 0.2) is 24.3 Å². The number of primary amides is 1. The summed E-state index contributed by atoms with van der Waals surface area (Å²) in [6, 6.07) is 7.23. The number of rotatable bonds is 5. The van der Waals surface area contributed by atoms with Crippen LogP contribution >= 0.6 is 0 Å². The summed E-state index contributed by atoms with van der Waals surface area (Å²) in [5.74, 6) is 0.994. The first-order chi connectivity index (χ1) is 12.0. The average Bonchev–Trinajstić information content (AvgIpc) is 3.10. The molecular formula is C18H25N3O4. The molecule has 7 heteroatoms. The van der Waals surface area contributed by atoms with Crippen molar-refractivity contribution in [3.63, 3.8) is 0 Å². The lowest BCUT2D eigenvalue weighted by Crippen LogP contribution is -2.49. The third kappa shape index (κ3) is 3.87. The maximum absolute atomic E-state index is 12.7. The van der Waals surface area contributed by atoms with E-state index in [1.165, 1.54) is 0 Å². The second-order valence-electron chi connectivity index (χ2n) is 6.78. The Morgan fingerprint density at radius 1 is 1.36 bits per heavy atom. The minimum atomic E-state index is -0.290. The van der Waals surface area contributed by atoms with Gasteiger partial charge in [-0.1, -0.05) is 12.1 Å². The number of fused-ring (bicyclic) bond motifs is 1. The Hall–Kier alpha value is -2.28. The molecule has 2 aliphatic heterocycles. The van der Waals surface area contributed by atoms with Crippen molar-refractivity contribution in [1.82, 2.24) is 9.80 Å². The highest BCUT2D eigenvalue weighted by Gasteiger charge is 2.34. The Balaban J connectivity index is 1.54. The molecule has 25 heavy (non-hydrogen) atoms. The molecular weight excluding hydrogens is 322 g/mol. The molecule has 2 amide bonds. The predicted octanol–water partition coefficient (Wildman–Crippen LogP) is 0.481. The van der Waals surface area contributed by atoms with Crippen molar-refractivity contribution in [2.24, 2.45) is 11.7 Å². The summed E-state index contributed by atoms with van der Waals surface area (Å²) in [6.07, 6.45) is 0.514. The lowest BCUT2D eigenvalue weighted by Gasteiger charge is -2.32. The summed E-state index contributed by atoms with van der Waals surface area (Å²) >= 11 is 0. The molecule has 2 N–H and O–H groups in total. The summed E-state index contributed by atoms with van der Waals surface area (Å²) in [5, 5.41) is 0. The Morgan fingerprint density at radius 2 is 2.08 bits per heavy atom. The number of hydrogen-bond acceptors (Lipinski definition) is 5. The van der Waals surface area contributed by atoms with E-state index in [0.717, 1.165) is 5.75 Å². The standard InChI is InChI=1S/C18H25N3O4/c1-12(21-8-7-13(9-21)17(19)22)18(23)20(2)10-14-11-24-15-5-3-4-6-16(15)25-14/h3-6,12-14H,7-11H2,1-2H3,(H2,19,22). The monoisotopic (exact) mass is 347 g/mol. The lowest BCUT2D eigenvalue weighted by molar-refractivity contribution is -0.136. The second-order valence-corrected chi connectivity index (χ2v) is 6.78. The van der Waals surface area contributed by atoms with Gasteiger partial charge in [-0.05, 0) is 32.0 Å². The van der Waals surface area contributed by atoms with Gasteiger partial charge in [-0.2, -0.15) is 0 Å². The highest BCUT2D eigenvalue weighted by molar-refractivity contribution is 5.82. The van der Waals surface area contributed by atoms with Crippen LogP contribution in [0.5, 0.6) is 11.5 Å². The number of carbonyl (C=O) groups is 2. The molecule has 2 heterocycles. The molecule has 1 fully saturated rings. The molecule has 3 rings (SSSR count). The normalized spacial score (nSPS) is 23.9. The average molecular weight is 347 g/mol. The number of nitrogens with zero attached hydrogens (tertiary/aromatic N) is 2. The van der Waals surface area contributed by atoms with Crippen molar-refractivity contribution < 1.29 is 19.1 Å². The number of likely N-dealkylation sites (tertiary alicyclic amines) is 1. The van der Waals surface area contributed by atoms with Crippen LogP contribution in [0.3, 0.4) is 0 Å². The Kier molecular flexibility index (Phi) is 5.13. The third-order valence-electron chi connectivity index (χ3n) is 4.95. The van der Waals surface area contributed by atoms with Crippen molar-refractivity contribution in [1.29, 1.82) is 0 Å². The quantitative estimate of drug-likeness (QED) is 0.837. The van der Waals surface area contributed by atoms with Crippen LogP contribution in [0, 0.1) is 5.92 Å². The van der Waals surface area contributed by atoms with Crippen molar-refractivity contribution in [3.8, 4) is 11.5 Å². The lowest BCUT2D eigenvalue weighted by atomic mass is 10.1. The van der Waals surface area contributed by atoms with Crippen molar-refractivity contribution in [2.45, 2.75) is 25.5 Å². The van der Waals surface area contributed by atoms with Crippen LogP contribution in [0.2, 0.25) is 0 Å². The molecule has 1 aromatic carbocycles. The zero-order chi connectivity index (χ0) is 18.0. The maximum atomic E-state index is 12.7. The number of ether oxygens (including phenoxy) is 2. The fourth-order valence-electron chi connectivity index (χ4n) is 3.39. The van der Waals surface area contributed by atoms with Gasteiger partial charge in [-0.15, -0.1) is 0 Å². The van der Waals surface area contributed by atoms with Gasteiger partial charge < -0.3 is 20.1 Å². The second kappa shape index (κ2) is 7.31. The highest BCUT2D eigenvalue weighted by Crippen LogP contribution is 2.31. The minimum absolute atomic E-state index is 0.00702. The number of carbonyl (C=O) groups excluding carboxylic acids is 2. The van der Waals surface area contributed by atoms with Gasteiger partial charge in [0.1, 0.15) is 6.61 Å². The van der Waals surface area contributed by atoms with E-state index in [-0.39, 0.29) is 29.9 Å². The van der Waals surface area contributed by atoms with Gasteiger partial charge in [-0.3, -0.25) is 14.5 Å². The van der Waals surface area contributed by atoms with Gasteiger partial charge in [0.2, 0.25) is 11.8 Å². The summed E-state index contributed by atoms with van der Waals surface area (Å²) < 4.78 is 11.6. The van der Waals surface area contributed by atoms with Gasteiger partial charge in [0.25, 0.3) is 0 Å². The molecule has 0 saturated carbocycles. The summed E-state index contributed by atoms with van der Waals surface area (Å²) in [7, 11) is 1.77. The smallest absolute Gasteiger partial charge is 0.239 e. The molecule has 2 aliphatic rings. The molecule has 3 atom stereocenters. The van der Waals surface area contributed by atoms with E-state index in [1.807, 2.05) is 36.1 Å². The van der Waals surface area contributed by atoms with Crippen LogP contribution in [-0.2, 0) is 9.59 Å². The van der Waals surface area contributed by atoms with Gasteiger partial charge in [0.05, 0.1) is 18.5 Å². The van der Waals surface area contributed by atoms with Crippen molar-refractivity contribution in [3.05, 3.63) is 24.3 Å². The topological polar surface area (TPSA) is 85.1 Å². The van der Waals surface area contributed by atoms with E-state index < -0.39 is 0 Å². The largest absolute Gasteiger partial charge is 0.486 e. The Labute approximate surface area is 147 Å². The number of likely N-dealkylation sites (N-methyl/N-ethyl adjacent to an activating group) is 1. The van der Waals surface area contributed by atoms with Crippen LogP contribution in [0.4, 0.5) is 0 Å². The number of hydrogen-bond donors (Lipinski definition) is 1. The van der Waals surface area contributed by atoms with Crippen LogP contribution in [-0.4, -0.2) is 67.0 Å². The fraction of sp³-hybridized carbons (Fsp3) is 0.556. The van der Waals surface area contributed by atoms with Gasteiger partial charge in [0, 0.05) is 13.6 Å². The zero-order valence-electron chi connectivity index (χ0n) is 14.7. The SMILES string of the molecule is CC(C(=O)N(C)CC1COc2ccccc2O1)N1CCC(C(N)=O)C1. The molecule has 0 aliphatic carbocycles. The van der Waals surface area contributed by atoms with Crippen LogP contribution < -0.4 is 15.2 Å². The van der Waals surface area contributed by atoms with Gasteiger partial charge in [-0.25, -0.2) is 0 Å². The number of amides is 2. The first kappa shape index (κ1) is 17.5. The molecule has 0 radical (unpaired) electrons. The van der Waals surface area contributed by atoms with E-state index in [9.17, 15) is 9.59 Å². The zero-order valence-corrected chi connectivity index (χ0v) is 14.7. The molecule has 7 nitrogen and oxygen atoms in total. The molecule has 136 valence electrons. The number of nitrogens with two attached hydrogens (primary N) is 1. The Morgan fingerprint density at radius 3 is 2.76 bits per heavy atom. The van der Waals surface area contributed by atoms with Crippen molar-refractivity contribution >= 4 is 11.8 Å². The summed E-state index contributed by atoms with van der Waals surface area (Å²) in [6.45, 7) is 3.99. The third-order valence-corrected chi connectivity index (χ3v) is 4.95. The minimum Gasteiger partial charge on any atom is -0.486 e. The van der Waals surface area contributed by atoms with Crippen LogP contribution in [0.25, 0.3) is 0 Å². The van der Waals surface area contributed by atoms with E-state index in [1.54, 1.807) is 11.9 Å². The van der Waals surface area contributed by atoms with E-state index in [0.29, 0.717) is 38.4 Å². The summed E-state index contributed by atoms with van der Waals surface area (Å²) in [5.41, 5.74) is 5.37. The number of benzene rings is 1. The van der Waals surface area contributed by atoms with Gasteiger partial charge in [0.15, 0.2) is 17.6 Å². The van der Waals surface area contributed by atoms with Gasteiger partial charge >= 0.3 is 0 Å². The first-order valence-corrected chi connectivity index (χ1v) is 8.62. The Bertz CT molecular complexity index is 651. The molecule has 3 unspecified atom stereocenters. The molecule has 0 spiro atoms. The predicted molar refractivity (Wildman–Crippen MR) is 92.3 cm³/mol. The summed E-state index contributed by atoms with van der Waals surface area (Å²) in [4.78, 5) is 27.7.